The Morgan fingerprint density at radius 2 is 1.75 bits per heavy atom. The van der Waals surface area contributed by atoms with Crippen LogP contribution in [-0.2, 0) is 4.79 Å². The highest BCUT2D eigenvalue weighted by Gasteiger charge is 2.36. The molecule has 0 radical (unpaired) electrons. The van der Waals surface area contributed by atoms with Gasteiger partial charge in [0.05, 0.1) is 0 Å². The standard InChI is InChI=1S/C19H23N3OS/c1-13-9-11-14(12-10-13)17-20-21-19(24-17)22(16-7-2-3-8-16)18(23)15-5-4-6-15/h9-12,15-16H,2-8H2,1H3. The van der Waals surface area contributed by atoms with Crippen molar-refractivity contribution >= 4 is 22.4 Å². The molecule has 126 valence electrons. The van der Waals surface area contributed by atoms with Crippen LogP contribution in [0.4, 0.5) is 5.13 Å². The lowest BCUT2D eigenvalue weighted by Crippen LogP contribution is -2.44. The van der Waals surface area contributed by atoms with Crippen molar-refractivity contribution in [2.24, 2.45) is 5.92 Å². The number of amides is 1. The molecule has 1 aromatic carbocycles. The molecule has 1 amide bonds. The van der Waals surface area contributed by atoms with Crippen molar-refractivity contribution in [1.82, 2.24) is 10.2 Å². The number of carbonyl (C=O) groups excluding carboxylic acids is 1. The van der Waals surface area contributed by atoms with E-state index in [-0.39, 0.29) is 11.8 Å². The van der Waals surface area contributed by atoms with Gasteiger partial charge in [-0.15, -0.1) is 10.2 Å². The Morgan fingerprint density at radius 3 is 2.38 bits per heavy atom. The summed E-state index contributed by atoms with van der Waals surface area (Å²) in [6.07, 6.45) is 7.86. The van der Waals surface area contributed by atoms with E-state index in [1.54, 1.807) is 11.3 Å². The van der Waals surface area contributed by atoms with E-state index in [2.05, 4.69) is 41.4 Å². The minimum Gasteiger partial charge on any atom is -0.283 e. The van der Waals surface area contributed by atoms with Crippen LogP contribution in [0.25, 0.3) is 10.6 Å². The van der Waals surface area contributed by atoms with Gasteiger partial charge in [-0.2, -0.15) is 0 Å². The molecule has 0 aliphatic heterocycles. The summed E-state index contributed by atoms with van der Waals surface area (Å²) in [5, 5.41) is 10.4. The summed E-state index contributed by atoms with van der Waals surface area (Å²) in [6.45, 7) is 2.08. The van der Waals surface area contributed by atoms with Gasteiger partial charge in [0.15, 0.2) is 0 Å². The van der Waals surface area contributed by atoms with Crippen molar-refractivity contribution in [2.75, 3.05) is 4.90 Å². The number of anilines is 1. The number of carbonyl (C=O) groups is 1. The summed E-state index contributed by atoms with van der Waals surface area (Å²) in [4.78, 5) is 15.0. The van der Waals surface area contributed by atoms with E-state index >= 15 is 0 Å². The number of nitrogens with zero attached hydrogens (tertiary/aromatic N) is 3. The van der Waals surface area contributed by atoms with Gasteiger partial charge in [-0.3, -0.25) is 9.69 Å². The van der Waals surface area contributed by atoms with Crippen LogP contribution in [-0.4, -0.2) is 22.1 Å². The number of hydrogen-bond donors (Lipinski definition) is 0. The minimum atomic E-state index is 0.206. The van der Waals surface area contributed by atoms with E-state index < -0.39 is 0 Å². The Kier molecular flexibility index (Phi) is 4.35. The summed E-state index contributed by atoms with van der Waals surface area (Å²) in [7, 11) is 0. The number of hydrogen-bond acceptors (Lipinski definition) is 4. The highest BCUT2D eigenvalue weighted by Crippen LogP contribution is 2.37. The van der Waals surface area contributed by atoms with Crippen LogP contribution in [0.3, 0.4) is 0 Å². The van der Waals surface area contributed by atoms with E-state index in [9.17, 15) is 4.79 Å². The normalized spacial score (nSPS) is 18.5. The fraction of sp³-hybridized carbons (Fsp3) is 0.526. The second kappa shape index (κ2) is 6.63. The summed E-state index contributed by atoms with van der Waals surface area (Å²) >= 11 is 1.55. The molecule has 1 aromatic heterocycles. The monoisotopic (exact) mass is 341 g/mol. The smallest absolute Gasteiger partial charge is 0.232 e. The van der Waals surface area contributed by atoms with E-state index in [0.717, 1.165) is 41.4 Å². The molecule has 2 fully saturated rings. The lowest BCUT2D eigenvalue weighted by atomic mass is 9.84. The molecule has 1 heterocycles. The van der Waals surface area contributed by atoms with Crippen molar-refractivity contribution in [3.05, 3.63) is 29.8 Å². The third-order valence-electron chi connectivity index (χ3n) is 5.30. The van der Waals surface area contributed by atoms with Crippen molar-refractivity contribution in [2.45, 2.75) is 57.9 Å². The fourth-order valence-corrected chi connectivity index (χ4v) is 4.50. The first-order valence-electron chi connectivity index (χ1n) is 8.96. The molecule has 0 atom stereocenters. The van der Waals surface area contributed by atoms with Gasteiger partial charge in [0, 0.05) is 17.5 Å². The Labute approximate surface area is 146 Å². The lowest BCUT2D eigenvalue weighted by molar-refractivity contribution is -0.125. The molecule has 4 rings (SSSR count). The first-order chi connectivity index (χ1) is 11.7. The predicted octanol–water partition coefficient (Wildman–Crippen LogP) is 4.59. The summed E-state index contributed by atoms with van der Waals surface area (Å²) < 4.78 is 0. The molecular weight excluding hydrogens is 318 g/mol. The first kappa shape index (κ1) is 15.8. The number of aryl methyl sites for hydroxylation is 1. The van der Waals surface area contributed by atoms with Gasteiger partial charge in [-0.1, -0.05) is 60.4 Å². The number of rotatable bonds is 4. The molecule has 2 aliphatic rings. The quantitative estimate of drug-likeness (QED) is 0.817. The van der Waals surface area contributed by atoms with Crippen molar-refractivity contribution in [3.8, 4) is 10.6 Å². The fourth-order valence-electron chi connectivity index (χ4n) is 3.57. The molecule has 0 saturated heterocycles. The van der Waals surface area contributed by atoms with Gasteiger partial charge in [-0.25, -0.2) is 0 Å². The van der Waals surface area contributed by atoms with Crippen LogP contribution >= 0.6 is 11.3 Å². The second-order valence-electron chi connectivity index (χ2n) is 7.03. The molecule has 0 N–H and O–H groups in total. The van der Waals surface area contributed by atoms with Crippen molar-refractivity contribution in [1.29, 1.82) is 0 Å². The van der Waals surface area contributed by atoms with E-state index in [1.165, 1.54) is 24.8 Å². The molecule has 0 bridgehead atoms. The molecular formula is C19H23N3OS. The molecule has 2 aliphatic carbocycles. The number of aromatic nitrogens is 2. The van der Waals surface area contributed by atoms with E-state index in [4.69, 9.17) is 0 Å². The van der Waals surface area contributed by atoms with Gasteiger partial charge in [0.25, 0.3) is 0 Å². The maximum absolute atomic E-state index is 13.0. The molecule has 0 unspecified atom stereocenters. The van der Waals surface area contributed by atoms with Gasteiger partial charge in [0.1, 0.15) is 5.01 Å². The van der Waals surface area contributed by atoms with E-state index in [0.29, 0.717) is 6.04 Å². The van der Waals surface area contributed by atoms with Crippen molar-refractivity contribution < 1.29 is 4.79 Å². The Balaban J connectivity index is 1.62. The highest BCUT2D eigenvalue weighted by molar-refractivity contribution is 7.18. The molecule has 2 aromatic rings. The third-order valence-corrected chi connectivity index (χ3v) is 6.27. The van der Waals surface area contributed by atoms with Gasteiger partial charge < -0.3 is 0 Å². The first-order valence-corrected chi connectivity index (χ1v) is 9.77. The minimum absolute atomic E-state index is 0.206. The Hall–Kier alpha value is -1.75. The Morgan fingerprint density at radius 1 is 1.04 bits per heavy atom. The van der Waals surface area contributed by atoms with Crippen molar-refractivity contribution in [3.63, 3.8) is 0 Å². The maximum atomic E-state index is 13.0. The zero-order valence-electron chi connectivity index (χ0n) is 14.1. The molecule has 0 spiro atoms. The van der Waals surface area contributed by atoms with Crippen LogP contribution < -0.4 is 4.90 Å². The van der Waals surface area contributed by atoms with Crippen LogP contribution in [0.2, 0.25) is 0 Å². The zero-order valence-corrected chi connectivity index (χ0v) is 14.9. The number of benzene rings is 1. The molecule has 2 saturated carbocycles. The topological polar surface area (TPSA) is 46.1 Å². The molecule has 24 heavy (non-hydrogen) atoms. The van der Waals surface area contributed by atoms with E-state index in [1.807, 2.05) is 4.90 Å². The largest absolute Gasteiger partial charge is 0.283 e. The van der Waals surface area contributed by atoms with Gasteiger partial charge in [-0.05, 0) is 32.6 Å². The van der Waals surface area contributed by atoms with Gasteiger partial charge in [0.2, 0.25) is 11.0 Å². The van der Waals surface area contributed by atoms with Crippen LogP contribution in [0.15, 0.2) is 24.3 Å². The Bertz CT molecular complexity index is 714. The van der Waals surface area contributed by atoms with Crippen LogP contribution in [0.5, 0.6) is 0 Å². The average molecular weight is 341 g/mol. The third kappa shape index (κ3) is 2.97. The molecule has 4 nitrogen and oxygen atoms in total. The second-order valence-corrected chi connectivity index (χ2v) is 7.99. The SMILES string of the molecule is Cc1ccc(-c2nnc(N(C(=O)C3CCC3)C3CCCC3)s2)cc1. The average Bonchev–Trinajstić information content (AvgIpc) is 3.19. The predicted molar refractivity (Wildman–Crippen MR) is 97.2 cm³/mol. The zero-order chi connectivity index (χ0) is 16.5. The van der Waals surface area contributed by atoms with Crippen LogP contribution in [0.1, 0.15) is 50.5 Å². The van der Waals surface area contributed by atoms with Gasteiger partial charge >= 0.3 is 0 Å². The summed E-state index contributed by atoms with van der Waals surface area (Å²) in [5.74, 6) is 0.483. The summed E-state index contributed by atoms with van der Waals surface area (Å²) in [6, 6.07) is 8.65. The van der Waals surface area contributed by atoms with Crippen LogP contribution in [0, 0.1) is 12.8 Å². The summed E-state index contributed by atoms with van der Waals surface area (Å²) in [5.41, 5.74) is 2.31. The maximum Gasteiger partial charge on any atom is 0.232 e. The molecule has 5 heteroatoms. The highest BCUT2D eigenvalue weighted by atomic mass is 32.1. The lowest BCUT2D eigenvalue weighted by Gasteiger charge is -2.33.